The topological polar surface area (TPSA) is 12.0 Å². The lowest BCUT2D eigenvalue weighted by Gasteiger charge is -2.09. The fourth-order valence-corrected chi connectivity index (χ4v) is 2.34. The fourth-order valence-electron chi connectivity index (χ4n) is 1.73. The van der Waals surface area contributed by atoms with Gasteiger partial charge in [0, 0.05) is 28.3 Å². The van der Waals surface area contributed by atoms with Crippen LogP contribution in [0.25, 0.3) is 0 Å². The monoisotopic (exact) mass is 329 g/mol. The predicted octanol–water partition coefficient (Wildman–Crippen LogP) is 4.79. The van der Waals surface area contributed by atoms with Gasteiger partial charge in [-0.05, 0) is 36.8 Å². The molecule has 100 valence electrons. The second-order valence-corrected chi connectivity index (χ2v) is 5.14. The first-order chi connectivity index (χ1) is 8.95. The molecule has 2 rings (SSSR count). The van der Waals surface area contributed by atoms with Crippen LogP contribution in [-0.2, 0) is 6.54 Å². The lowest BCUT2D eigenvalue weighted by Crippen LogP contribution is -2.04. The Labute approximate surface area is 117 Å². The van der Waals surface area contributed by atoms with E-state index in [1.54, 1.807) is 0 Å². The number of aryl methyl sites for hydroxylation is 1. The Hall–Kier alpha value is -1.49. The summed E-state index contributed by atoms with van der Waals surface area (Å²) in [6.07, 6.45) is 0. The molecule has 2 aromatic carbocycles. The first-order valence-corrected chi connectivity index (χ1v) is 6.39. The highest BCUT2D eigenvalue weighted by molar-refractivity contribution is 9.10. The molecule has 0 fully saturated rings. The van der Waals surface area contributed by atoms with Gasteiger partial charge in [-0.3, -0.25) is 0 Å². The maximum absolute atomic E-state index is 13.4. The molecule has 1 N–H and O–H groups in total. The summed E-state index contributed by atoms with van der Waals surface area (Å²) >= 11 is 3.35. The maximum Gasteiger partial charge on any atom is 0.161 e. The van der Waals surface area contributed by atoms with Crippen LogP contribution in [0.4, 0.5) is 18.9 Å². The zero-order valence-corrected chi connectivity index (χ0v) is 11.7. The zero-order valence-electron chi connectivity index (χ0n) is 10.1. The average molecular weight is 330 g/mol. The Morgan fingerprint density at radius 3 is 2.32 bits per heavy atom. The van der Waals surface area contributed by atoms with Crippen molar-refractivity contribution >= 4 is 21.6 Å². The van der Waals surface area contributed by atoms with Crippen LogP contribution < -0.4 is 5.32 Å². The van der Waals surface area contributed by atoms with E-state index in [0.29, 0.717) is 6.07 Å². The number of hydrogen-bond donors (Lipinski definition) is 1. The predicted molar refractivity (Wildman–Crippen MR) is 72.5 cm³/mol. The van der Waals surface area contributed by atoms with Crippen molar-refractivity contribution in [1.29, 1.82) is 0 Å². The van der Waals surface area contributed by atoms with Gasteiger partial charge in [-0.15, -0.1) is 0 Å². The molecule has 0 aromatic heterocycles. The van der Waals surface area contributed by atoms with Gasteiger partial charge in [-0.25, -0.2) is 13.2 Å². The SMILES string of the molecule is Cc1cc(Br)cc(NCc2cc(F)c(F)cc2F)c1. The van der Waals surface area contributed by atoms with E-state index in [-0.39, 0.29) is 12.1 Å². The molecule has 5 heteroatoms. The van der Waals surface area contributed by atoms with E-state index in [1.807, 2.05) is 25.1 Å². The summed E-state index contributed by atoms with van der Waals surface area (Å²) in [6, 6.07) is 7.05. The van der Waals surface area contributed by atoms with Gasteiger partial charge >= 0.3 is 0 Å². The van der Waals surface area contributed by atoms with Gasteiger partial charge in [0.1, 0.15) is 5.82 Å². The molecular weight excluding hydrogens is 319 g/mol. The number of halogens is 4. The highest BCUT2D eigenvalue weighted by atomic mass is 79.9. The standard InChI is InChI=1S/C14H11BrF3N/c1-8-2-10(15)5-11(3-8)19-7-9-4-13(17)14(18)6-12(9)16/h2-6,19H,7H2,1H3. The van der Waals surface area contributed by atoms with E-state index in [0.717, 1.165) is 21.8 Å². The van der Waals surface area contributed by atoms with Gasteiger partial charge in [-0.1, -0.05) is 15.9 Å². The lowest BCUT2D eigenvalue weighted by molar-refractivity contribution is 0.490. The Morgan fingerprint density at radius 1 is 0.947 bits per heavy atom. The molecule has 0 spiro atoms. The molecule has 0 aliphatic rings. The van der Waals surface area contributed by atoms with Crippen molar-refractivity contribution in [2.45, 2.75) is 13.5 Å². The summed E-state index contributed by atoms with van der Waals surface area (Å²) in [5, 5.41) is 2.97. The number of anilines is 1. The lowest BCUT2D eigenvalue weighted by atomic mass is 10.2. The molecule has 19 heavy (non-hydrogen) atoms. The molecule has 0 atom stereocenters. The van der Waals surface area contributed by atoms with Gasteiger partial charge in [0.15, 0.2) is 11.6 Å². The highest BCUT2D eigenvalue weighted by Crippen LogP contribution is 2.20. The Balaban J connectivity index is 2.16. The molecule has 0 amide bonds. The summed E-state index contributed by atoms with van der Waals surface area (Å²) in [5.41, 5.74) is 1.88. The fraction of sp³-hybridized carbons (Fsp3) is 0.143. The van der Waals surface area contributed by atoms with Crippen LogP contribution in [0.2, 0.25) is 0 Å². The third-order valence-electron chi connectivity index (χ3n) is 2.61. The first-order valence-electron chi connectivity index (χ1n) is 5.60. The summed E-state index contributed by atoms with van der Waals surface area (Å²) < 4.78 is 40.1. The first kappa shape index (κ1) is 13.9. The van der Waals surface area contributed by atoms with Crippen LogP contribution in [0.5, 0.6) is 0 Å². The zero-order chi connectivity index (χ0) is 14.0. The third kappa shape index (κ3) is 3.50. The average Bonchev–Trinajstić information content (AvgIpc) is 2.31. The quantitative estimate of drug-likeness (QED) is 0.798. The minimum absolute atomic E-state index is 0.0801. The van der Waals surface area contributed by atoms with Crippen molar-refractivity contribution in [1.82, 2.24) is 0 Å². The van der Waals surface area contributed by atoms with Gasteiger partial charge in [0.2, 0.25) is 0 Å². The molecule has 0 aliphatic heterocycles. The summed E-state index contributed by atoms with van der Waals surface area (Å²) in [6.45, 7) is 2.01. The minimum Gasteiger partial charge on any atom is -0.381 e. The van der Waals surface area contributed by atoms with Crippen molar-refractivity contribution in [3.63, 3.8) is 0 Å². The Morgan fingerprint density at radius 2 is 1.63 bits per heavy atom. The molecule has 0 unspecified atom stereocenters. The highest BCUT2D eigenvalue weighted by Gasteiger charge is 2.09. The third-order valence-corrected chi connectivity index (χ3v) is 3.07. The molecule has 0 bridgehead atoms. The van der Waals surface area contributed by atoms with Gasteiger partial charge in [0.05, 0.1) is 0 Å². The van der Waals surface area contributed by atoms with E-state index in [2.05, 4.69) is 21.2 Å². The van der Waals surface area contributed by atoms with Gasteiger partial charge < -0.3 is 5.32 Å². The van der Waals surface area contributed by atoms with E-state index in [4.69, 9.17) is 0 Å². The van der Waals surface area contributed by atoms with Crippen molar-refractivity contribution in [3.8, 4) is 0 Å². The molecule has 0 aliphatic carbocycles. The molecular formula is C14H11BrF3N. The van der Waals surface area contributed by atoms with Gasteiger partial charge in [-0.2, -0.15) is 0 Å². The summed E-state index contributed by atoms with van der Waals surface area (Å²) in [7, 11) is 0. The number of benzene rings is 2. The van der Waals surface area contributed by atoms with Crippen LogP contribution in [0.15, 0.2) is 34.8 Å². The van der Waals surface area contributed by atoms with E-state index < -0.39 is 17.5 Å². The van der Waals surface area contributed by atoms with Crippen molar-refractivity contribution in [2.24, 2.45) is 0 Å². The van der Waals surface area contributed by atoms with Crippen LogP contribution in [-0.4, -0.2) is 0 Å². The molecule has 0 radical (unpaired) electrons. The van der Waals surface area contributed by atoms with E-state index in [9.17, 15) is 13.2 Å². The molecule has 0 saturated heterocycles. The second kappa shape index (κ2) is 5.65. The maximum atomic E-state index is 13.4. The normalized spacial score (nSPS) is 10.6. The molecule has 2 aromatic rings. The number of hydrogen-bond acceptors (Lipinski definition) is 1. The largest absolute Gasteiger partial charge is 0.381 e. The molecule has 0 saturated carbocycles. The molecule has 1 nitrogen and oxygen atoms in total. The summed E-state index contributed by atoms with van der Waals surface area (Å²) in [5.74, 6) is -3.00. The van der Waals surface area contributed by atoms with Crippen LogP contribution in [0.1, 0.15) is 11.1 Å². The smallest absolute Gasteiger partial charge is 0.161 e. The van der Waals surface area contributed by atoms with E-state index >= 15 is 0 Å². The van der Waals surface area contributed by atoms with Crippen molar-refractivity contribution in [3.05, 3.63) is 63.4 Å². The summed E-state index contributed by atoms with van der Waals surface area (Å²) in [4.78, 5) is 0. The van der Waals surface area contributed by atoms with Gasteiger partial charge in [0.25, 0.3) is 0 Å². The number of rotatable bonds is 3. The molecule has 0 heterocycles. The van der Waals surface area contributed by atoms with Crippen LogP contribution in [0.3, 0.4) is 0 Å². The van der Waals surface area contributed by atoms with Crippen molar-refractivity contribution < 1.29 is 13.2 Å². The van der Waals surface area contributed by atoms with E-state index in [1.165, 1.54) is 0 Å². The Kier molecular flexibility index (Phi) is 4.14. The van der Waals surface area contributed by atoms with Crippen LogP contribution >= 0.6 is 15.9 Å². The van der Waals surface area contributed by atoms with Crippen LogP contribution in [0, 0.1) is 24.4 Å². The second-order valence-electron chi connectivity index (χ2n) is 4.23. The minimum atomic E-state index is -1.18. The Bertz CT molecular complexity index is 594. The number of nitrogens with one attached hydrogen (secondary N) is 1. The van der Waals surface area contributed by atoms with Crippen molar-refractivity contribution in [2.75, 3.05) is 5.32 Å².